The Morgan fingerprint density at radius 2 is 2.24 bits per heavy atom. The van der Waals surface area contributed by atoms with Crippen molar-refractivity contribution in [3.8, 4) is 0 Å². The van der Waals surface area contributed by atoms with Gasteiger partial charge in [-0.1, -0.05) is 31.2 Å². The van der Waals surface area contributed by atoms with E-state index in [-0.39, 0.29) is 0 Å². The Hall–Kier alpha value is -0.470. The van der Waals surface area contributed by atoms with E-state index >= 15 is 0 Å². The van der Waals surface area contributed by atoms with Gasteiger partial charge in [-0.15, -0.1) is 0 Å². The number of thioether (sulfide) groups is 1. The van der Waals surface area contributed by atoms with Crippen molar-refractivity contribution < 1.29 is 0 Å². The summed E-state index contributed by atoms with van der Waals surface area (Å²) >= 11 is 2.19. The Morgan fingerprint density at radius 1 is 1.35 bits per heavy atom. The highest BCUT2D eigenvalue weighted by Crippen LogP contribution is 2.39. The molecule has 17 heavy (non-hydrogen) atoms. The predicted molar refractivity (Wildman–Crippen MR) is 75.6 cm³/mol. The van der Waals surface area contributed by atoms with Crippen LogP contribution in [-0.4, -0.2) is 17.0 Å². The fourth-order valence-corrected chi connectivity index (χ4v) is 4.64. The molecule has 2 aliphatic rings. The van der Waals surface area contributed by atoms with E-state index in [1.807, 2.05) is 0 Å². The van der Waals surface area contributed by atoms with Crippen molar-refractivity contribution in [1.82, 2.24) is 5.32 Å². The number of aryl methyl sites for hydroxylation is 1. The van der Waals surface area contributed by atoms with Gasteiger partial charge >= 0.3 is 0 Å². The summed E-state index contributed by atoms with van der Waals surface area (Å²) in [6.45, 7) is 2.29. The number of fused-ring (bicyclic) bond motifs is 3. The van der Waals surface area contributed by atoms with Crippen LogP contribution in [0.25, 0.3) is 0 Å². The second-order valence-corrected chi connectivity index (χ2v) is 6.48. The number of rotatable bonds is 1. The Morgan fingerprint density at radius 3 is 3.12 bits per heavy atom. The van der Waals surface area contributed by atoms with E-state index in [0.717, 1.165) is 5.25 Å². The van der Waals surface area contributed by atoms with Crippen molar-refractivity contribution in [3.05, 3.63) is 35.4 Å². The summed E-state index contributed by atoms with van der Waals surface area (Å²) in [7, 11) is 0. The van der Waals surface area contributed by atoms with Crippen molar-refractivity contribution in [1.29, 1.82) is 0 Å². The molecule has 1 fully saturated rings. The lowest BCUT2D eigenvalue weighted by Gasteiger charge is -2.36. The van der Waals surface area contributed by atoms with Crippen molar-refractivity contribution in [2.24, 2.45) is 0 Å². The standard InChI is InChI=1S/C15H21NS/c1-2-12-10-17-14-9-5-7-11-6-3-4-8-13(11)15(14)16-12/h3-4,6,8,12,14-16H,2,5,7,9-10H2,1H3. The van der Waals surface area contributed by atoms with Gasteiger partial charge in [0.15, 0.2) is 0 Å². The van der Waals surface area contributed by atoms with Crippen LogP contribution in [0.3, 0.4) is 0 Å². The second-order valence-electron chi connectivity index (χ2n) is 5.21. The van der Waals surface area contributed by atoms with Crippen molar-refractivity contribution in [2.45, 2.75) is 49.9 Å². The van der Waals surface area contributed by atoms with Gasteiger partial charge in [0.2, 0.25) is 0 Å². The zero-order valence-corrected chi connectivity index (χ0v) is 11.3. The van der Waals surface area contributed by atoms with Gasteiger partial charge in [0, 0.05) is 23.1 Å². The van der Waals surface area contributed by atoms with Crippen LogP contribution in [0.5, 0.6) is 0 Å². The molecule has 1 aliphatic carbocycles. The molecule has 0 amide bonds. The zero-order valence-electron chi connectivity index (χ0n) is 10.5. The fraction of sp³-hybridized carbons (Fsp3) is 0.600. The van der Waals surface area contributed by atoms with Gasteiger partial charge in [0.05, 0.1) is 0 Å². The van der Waals surface area contributed by atoms with Gasteiger partial charge in [-0.05, 0) is 36.8 Å². The highest BCUT2D eigenvalue weighted by Gasteiger charge is 2.33. The summed E-state index contributed by atoms with van der Waals surface area (Å²) in [6.07, 6.45) is 5.23. The maximum atomic E-state index is 3.88. The molecule has 0 bridgehead atoms. The molecule has 0 aromatic heterocycles. The molecule has 0 spiro atoms. The average molecular weight is 247 g/mol. The lowest BCUT2D eigenvalue weighted by atomic mass is 9.97. The van der Waals surface area contributed by atoms with Crippen molar-refractivity contribution in [2.75, 3.05) is 5.75 Å². The Bertz CT molecular complexity index is 390. The third-order valence-corrected chi connectivity index (χ3v) is 5.65. The van der Waals surface area contributed by atoms with Crippen LogP contribution in [0.15, 0.2) is 24.3 Å². The summed E-state index contributed by atoms with van der Waals surface area (Å²) in [4.78, 5) is 0. The first-order chi connectivity index (χ1) is 8.38. The summed E-state index contributed by atoms with van der Waals surface area (Å²) < 4.78 is 0. The van der Waals surface area contributed by atoms with Gasteiger partial charge < -0.3 is 5.32 Å². The highest BCUT2D eigenvalue weighted by atomic mass is 32.2. The number of hydrogen-bond acceptors (Lipinski definition) is 2. The van der Waals surface area contributed by atoms with Crippen LogP contribution >= 0.6 is 11.8 Å². The maximum Gasteiger partial charge on any atom is 0.0445 e. The molecule has 1 aliphatic heterocycles. The minimum absolute atomic E-state index is 0.595. The van der Waals surface area contributed by atoms with E-state index in [1.165, 1.54) is 31.4 Å². The normalized spacial score (nSPS) is 32.4. The molecule has 0 radical (unpaired) electrons. The van der Waals surface area contributed by atoms with Gasteiger partial charge in [0.1, 0.15) is 0 Å². The molecular formula is C15H21NS. The van der Waals surface area contributed by atoms with E-state index in [1.54, 1.807) is 11.1 Å². The third kappa shape index (κ3) is 2.25. The smallest absolute Gasteiger partial charge is 0.0445 e. The quantitative estimate of drug-likeness (QED) is 0.814. The summed E-state index contributed by atoms with van der Waals surface area (Å²) in [5, 5.41) is 4.67. The monoisotopic (exact) mass is 247 g/mol. The lowest BCUT2D eigenvalue weighted by Crippen LogP contribution is -2.43. The van der Waals surface area contributed by atoms with Crippen LogP contribution in [-0.2, 0) is 6.42 Å². The fourth-order valence-electron chi connectivity index (χ4n) is 3.08. The van der Waals surface area contributed by atoms with Gasteiger partial charge in [0.25, 0.3) is 0 Å². The van der Waals surface area contributed by atoms with Crippen LogP contribution in [0.4, 0.5) is 0 Å². The van der Waals surface area contributed by atoms with Gasteiger partial charge in [-0.25, -0.2) is 0 Å². The van der Waals surface area contributed by atoms with Crippen LogP contribution < -0.4 is 5.32 Å². The predicted octanol–water partition coefficient (Wildman–Crippen LogP) is 3.55. The minimum atomic E-state index is 0.595. The maximum absolute atomic E-state index is 3.88. The third-order valence-electron chi connectivity index (χ3n) is 4.12. The lowest BCUT2D eigenvalue weighted by molar-refractivity contribution is 0.417. The highest BCUT2D eigenvalue weighted by molar-refractivity contribution is 8.00. The molecule has 92 valence electrons. The van der Waals surface area contributed by atoms with Gasteiger partial charge in [-0.2, -0.15) is 11.8 Å². The van der Waals surface area contributed by atoms with Crippen LogP contribution in [0.2, 0.25) is 0 Å². The summed E-state index contributed by atoms with van der Waals surface area (Å²) in [5.74, 6) is 1.29. The molecular weight excluding hydrogens is 226 g/mol. The molecule has 1 nitrogen and oxygen atoms in total. The summed E-state index contributed by atoms with van der Waals surface area (Å²) in [6, 6.07) is 10.3. The van der Waals surface area contributed by atoms with Gasteiger partial charge in [-0.3, -0.25) is 0 Å². The first kappa shape index (κ1) is 11.6. The molecule has 1 aromatic carbocycles. The van der Waals surface area contributed by atoms with Crippen molar-refractivity contribution >= 4 is 11.8 Å². The number of hydrogen-bond donors (Lipinski definition) is 1. The first-order valence-electron chi connectivity index (χ1n) is 6.84. The molecule has 2 heteroatoms. The van der Waals surface area contributed by atoms with E-state index in [4.69, 9.17) is 0 Å². The van der Waals surface area contributed by atoms with E-state index in [9.17, 15) is 0 Å². The Kier molecular flexibility index (Phi) is 3.44. The summed E-state index contributed by atoms with van der Waals surface area (Å²) in [5.41, 5.74) is 3.14. The largest absolute Gasteiger partial charge is 0.305 e. The van der Waals surface area contributed by atoms with E-state index < -0.39 is 0 Å². The molecule has 1 saturated heterocycles. The number of nitrogens with one attached hydrogen (secondary N) is 1. The SMILES string of the molecule is CCC1CSC2CCCc3ccccc3C2N1. The molecule has 3 unspecified atom stereocenters. The first-order valence-corrected chi connectivity index (χ1v) is 7.89. The molecule has 1 aromatic rings. The zero-order chi connectivity index (χ0) is 11.7. The number of benzene rings is 1. The average Bonchev–Trinajstić information content (AvgIpc) is 2.57. The minimum Gasteiger partial charge on any atom is -0.305 e. The van der Waals surface area contributed by atoms with Crippen LogP contribution in [0, 0.1) is 0 Å². The van der Waals surface area contributed by atoms with Crippen LogP contribution in [0.1, 0.15) is 43.4 Å². The van der Waals surface area contributed by atoms with Crippen molar-refractivity contribution in [3.63, 3.8) is 0 Å². The molecule has 1 N–H and O–H groups in total. The molecule has 3 rings (SSSR count). The van der Waals surface area contributed by atoms with E-state index in [0.29, 0.717) is 12.1 Å². The molecule has 0 saturated carbocycles. The molecule has 3 atom stereocenters. The Labute approximate surface area is 108 Å². The topological polar surface area (TPSA) is 12.0 Å². The van der Waals surface area contributed by atoms with E-state index in [2.05, 4.69) is 48.3 Å². The Balaban J connectivity index is 1.93. The molecule has 1 heterocycles. The second kappa shape index (κ2) is 5.03.